The van der Waals surface area contributed by atoms with E-state index < -0.39 is 11.8 Å². The number of nitrogens with one attached hydrogen (secondary N) is 3. The Morgan fingerprint density at radius 1 is 1.00 bits per heavy atom. The molecule has 0 aliphatic carbocycles. The molecule has 0 aliphatic heterocycles. The lowest BCUT2D eigenvalue weighted by molar-refractivity contribution is -0.123. The van der Waals surface area contributed by atoms with Gasteiger partial charge in [0.05, 0.1) is 11.6 Å². The highest BCUT2D eigenvalue weighted by Crippen LogP contribution is 2.27. The number of ether oxygens (including phenoxy) is 2. The van der Waals surface area contributed by atoms with Crippen molar-refractivity contribution in [2.45, 2.75) is 39.0 Å². The average molecular weight is 557 g/mol. The van der Waals surface area contributed by atoms with Gasteiger partial charge in [0.1, 0.15) is 11.5 Å². The number of rotatable bonds is 11. The maximum atomic E-state index is 12.3. The Labute approximate surface area is 212 Å². The van der Waals surface area contributed by atoms with Gasteiger partial charge in [0.25, 0.3) is 11.8 Å². The molecule has 2 aromatic rings. The number of carbonyl (C=O) groups is 2. The van der Waals surface area contributed by atoms with Gasteiger partial charge in [-0.2, -0.15) is 0 Å². The van der Waals surface area contributed by atoms with E-state index in [-0.39, 0.29) is 11.7 Å². The van der Waals surface area contributed by atoms with Crippen LogP contribution in [0.1, 0.15) is 49.4 Å². The van der Waals surface area contributed by atoms with Crippen LogP contribution in [-0.4, -0.2) is 30.1 Å². The molecule has 0 atom stereocenters. The summed E-state index contributed by atoms with van der Waals surface area (Å²) in [6, 6.07) is 11.8. The minimum absolute atomic E-state index is 0.0533. The van der Waals surface area contributed by atoms with Gasteiger partial charge in [0, 0.05) is 10.0 Å². The summed E-state index contributed by atoms with van der Waals surface area (Å²) in [5.41, 5.74) is 5.22. The standard InChI is InChI=1S/C23H27BrClN3O4S/c1-2-3-4-5-6-13-31-18-10-7-16(8-11-18)22(30)26-23(33)28-27-21(29)15-32-20-12-9-17(24)14-19(20)25/h7-12,14H,2-6,13,15H2,1H3,(H,27,29)(H2,26,28,30,33). The Kier molecular flexibility index (Phi) is 12.0. The summed E-state index contributed by atoms with van der Waals surface area (Å²) in [5, 5.41) is 2.81. The van der Waals surface area contributed by atoms with Crippen LogP contribution < -0.4 is 25.6 Å². The molecule has 33 heavy (non-hydrogen) atoms. The van der Waals surface area contributed by atoms with Gasteiger partial charge in [-0.3, -0.25) is 25.8 Å². The molecule has 0 aliphatic rings. The Bertz CT molecular complexity index is 944. The Balaban J connectivity index is 1.67. The second-order valence-corrected chi connectivity index (χ2v) is 8.84. The molecule has 0 heterocycles. The van der Waals surface area contributed by atoms with E-state index in [4.69, 9.17) is 33.3 Å². The molecular weight excluding hydrogens is 530 g/mol. The van der Waals surface area contributed by atoms with Crippen molar-refractivity contribution < 1.29 is 19.1 Å². The van der Waals surface area contributed by atoms with E-state index in [1.807, 2.05) is 0 Å². The van der Waals surface area contributed by atoms with E-state index in [0.29, 0.717) is 28.7 Å². The minimum Gasteiger partial charge on any atom is -0.494 e. The number of hydrazine groups is 1. The van der Waals surface area contributed by atoms with Crippen LogP contribution in [0.3, 0.4) is 0 Å². The maximum Gasteiger partial charge on any atom is 0.276 e. The normalized spacial score (nSPS) is 10.3. The van der Waals surface area contributed by atoms with Crippen molar-refractivity contribution in [1.82, 2.24) is 16.2 Å². The summed E-state index contributed by atoms with van der Waals surface area (Å²) in [5.74, 6) is 0.170. The average Bonchev–Trinajstić information content (AvgIpc) is 2.79. The molecule has 7 nitrogen and oxygen atoms in total. The number of hydrogen-bond acceptors (Lipinski definition) is 5. The van der Waals surface area contributed by atoms with E-state index in [1.165, 1.54) is 19.3 Å². The number of amides is 2. The fraction of sp³-hybridized carbons (Fsp3) is 0.348. The zero-order chi connectivity index (χ0) is 24.1. The molecule has 2 amide bonds. The van der Waals surface area contributed by atoms with Gasteiger partial charge in [0.2, 0.25) is 0 Å². The van der Waals surface area contributed by atoms with Crippen molar-refractivity contribution in [2.24, 2.45) is 0 Å². The third-order valence-electron chi connectivity index (χ3n) is 4.43. The first-order valence-electron chi connectivity index (χ1n) is 10.6. The van der Waals surface area contributed by atoms with Crippen LogP contribution in [0.4, 0.5) is 0 Å². The molecule has 178 valence electrons. The predicted molar refractivity (Wildman–Crippen MR) is 137 cm³/mol. The van der Waals surface area contributed by atoms with Crippen LogP contribution >= 0.6 is 39.7 Å². The summed E-state index contributed by atoms with van der Waals surface area (Å²) >= 11 is 14.4. The maximum absolute atomic E-state index is 12.3. The van der Waals surface area contributed by atoms with Crippen molar-refractivity contribution >= 4 is 56.7 Å². The van der Waals surface area contributed by atoms with Crippen molar-refractivity contribution in [3.63, 3.8) is 0 Å². The molecule has 0 saturated carbocycles. The number of thiocarbonyl (C=S) groups is 1. The highest BCUT2D eigenvalue weighted by molar-refractivity contribution is 9.10. The van der Waals surface area contributed by atoms with Crippen molar-refractivity contribution in [3.8, 4) is 11.5 Å². The third kappa shape index (κ3) is 10.4. The number of unbranched alkanes of at least 4 members (excludes halogenated alkanes) is 4. The molecule has 0 spiro atoms. The van der Waals surface area contributed by atoms with Gasteiger partial charge in [-0.15, -0.1) is 0 Å². The second-order valence-electron chi connectivity index (χ2n) is 7.11. The first kappa shape index (κ1) is 26.9. The van der Waals surface area contributed by atoms with Crippen LogP contribution in [-0.2, 0) is 4.79 Å². The Morgan fingerprint density at radius 3 is 2.42 bits per heavy atom. The molecule has 0 radical (unpaired) electrons. The van der Waals surface area contributed by atoms with E-state index in [2.05, 4.69) is 39.0 Å². The molecule has 2 rings (SSSR count). The minimum atomic E-state index is -0.498. The zero-order valence-corrected chi connectivity index (χ0v) is 21.4. The summed E-state index contributed by atoms with van der Waals surface area (Å²) in [6.07, 6.45) is 5.85. The topological polar surface area (TPSA) is 88.7 Å². The summed E-state index contributed by atoms with van der Waals surface area (Å²) in [4.78, 5) is 24.2. The fourth-order valence-corrected chi connectivity index (χ4v) is 3.57. The fourth-order valence-electron chi connectivity index (χ4n) is 2.70. The lowest BCUT2D eigenvalue weighted by Crippen LogP contribution is -2.49. The Hall–Kier alpha value is -2.36. The monoisotopic (exact) mass is 555 g/mol. The molecule has 0 saturated heterocycles. The quantitative estimate of drug-likeness (QED) is 0.201. The number of halogens is 2. The SMILES string of the molecule is CCCCCCCOc1ccc(C(=O)NC(=S)NNC(=O)COc2ccc(Br)cc2Cl)cc1. The third-order valence-corrected chi connectivity index (χ3v) is 5.42. The lowest BCUT2D eigenvalue weighted by atomic mass is 10.2. The Morgan fingerprint density at radius 2 is 1.73 bits per heavy atom. The predicted octanol–water partition coefficient (Wildman–Crippen LogP) is 5.17. The summed E-state index contributed by atoms with van der Waals surface area (Å²) in [6.45, 7) is 2.55. The van der Waals surface area contributed by atoms with E-state index in [1.54, 1.807) is 42.5 Å². The largest absolute Gasteiger partial charge is 0.494 e. The van der Waals surface area contributed by atoms with Gasteiger partial charge >= 0.3 is 0 Å². The van der Waals surface area contributed by atoms with Crippen LogP contribution in [0.5, 0.6) is 11.5 Å². The zero-order valence-electron chi connectivity index (χ0n) is 18.3. The number of benzene rings is 2. The van der Waals surface area contributed by atoms with Crippen molar-refractivity contribution in [2.75, 3.05) is 13.2 Å². The number of hydrogen-bond donors (Lipinski definition) is 3. The smallest absolute Gasteiger partial charge is 0.276 e. The highest BCUT2D eigenvalue weighted by Gasteiger charge is 2.10. The molecule has 0 aromatic heterocycles. The molecule has 0 unspecified atom stereocenters. The van der Waals surface area contributed by atoms with E-state index in [0.717, 1.165) is 17.3 Å². The number of carbonyl (C=O) groups excluding carboxylic acids is 2. The van der Waals surface area contributed by atoms with Crippen LogP contribution in [0.15, 0.2) is 46.9 Å². The van der Waals surface area contributed by atoms with Gasteiger partial charge in [-0.25, -0.2) is 0 Å². The highest BCUT2D eigenvalue weighted by atomic mass is 79.9. The van der Waals surface area contributed by atoms with Crippen LogP contribution in [0, 0.1) is 0 Å². The molecule has 2 aromatic carbocycles. The van der Waals surface area contributed by atoms with Gasteiger partial charge in [-0.05, 0) is 61.1 Å². The van der Waals surface area contributed by atoms with Gasteiger partial charge in [-0.1, -0.05) is 60.1 Å². The molecule has 10 heteroatoms. The summed E-state index contributed by atoms with van der Waals surface area (Å²) < 4.78 is 11.8. The molecular formula is C23H27BrClN3O4S. The van der Waals surface area contributed by atoms with Gasteiger partial charge < -0.3 is 9.47 Å². The van der Waals surface area contributed by atoms with Crippen LogP contribution in [0.25, 0.3) is 0 Å². The molecule has 0 bridgehead atoms. The van der Waals surface area contributed by atoms with Crippen molar-refractivity contribution in [1.29, 1.82) is 0 Å². The van der Waals surface area contributed by atoms with E-state index >= 15 is 0 Å². The first-order chi connectivity index (χ1) is 15.9. The summed E-state index contributed by atoms with van der Waals surface area (Å²) in [7, 11) is 0. The molecule has 3 N–H and O–H groups in total. The van der Waals surface area contributed by atoms with Crippen molar-refractivity contribution in [3.05, 3.63) is 57.5 Å². The van der Waals surface area contributed by atoms with E-state index in [9.17, 15) is 9.59 Å². The molecule has 0 fully saturated rings. The lowest BCUT2D eigenvalue weighted by Gasteiger charge is -2.12. The first-order valence-corrected chi connectivity index (χ1v) is 12.2. The second kappa shape index (κ2) is 14.7. The van der Waals surface area contributed by atoms with Gasteiger partial charge in [0.15, 0.2) is 11.7 Å². The van der Waals surface area contributed by atoms with Crippen LogP contribution in [0.2, 0.25) is 5.02 Å².